The third-order valence-electron chi connectivity index (χ3n) is 5.13. The molecule has 0 heterocycles. The molecule has 21 heavy (non-hydrogen) atoms. The molecule has 1 aromatic carbocycles. The molecular formula is C19H30FN. The van der Waals surface area contributed by atoms with Gasteiger partial charge in [-0.05, 0) is 67.8 Å². The Morgan fingerprint density at radius 2 is 1.90 bits per heavy atom. The molecule has 0 saturated heterocycles. The van der Waals surface area contributed by atoms with E-state index in [1.165, 1.54) is 43.2 Å². The molecule has 0 spiro atoms. The first-order chi connectivity index (χ1) is 10.2. The van der Waals surface area contributed by atoms with Crippen molar-refractivity contribution in [1.82, 2.24) is 5.32 Å². The third-order valence-corrected chi connectivity index (χ3v) is 5.13. The molecule has 1 atom stereocenters. The minimum Gasteiger partial charge on any atom is -0.310 e. The largest absolute Gasteiger partial charge is 0.310 e. The van der Waals surface area contributed by atoms with Crippen LogP contribution in [0.5, 0.6) is 0 Å². The van der Waals surface area contributed by atoms with Crippen LogP contribution in [0.3, 0.4) is 0 Å². The molecule has 1 saturated carbocycles. The number of benzene rings is 1. The zero-order valence-electron chi connectivity index (χ0n) is 13.8. The first-order valence-corrected chi connectivity index (χ1v) is 8.65. The second kappa shape index (κ2) is 7.93. The fraction of sp³-hybridized carbons (Fsp3) is 0.684. The SMILES string of the molecule is CCCNC(c1cc(F)ccc1C)C1CCC(CC)CC1. The van der Waals surface area contributed by atoms with E-state index in [-0.39, 0.29) is 5.82 Å². The first-order valence-electron chi connectivity index (χ1n) is 8.65. The number of rotatable bonds is 6. The van der Waals surface area contributed by atoms with Gasteiger partial charge in [0, 0.05) is 6.04 Å². The molecule has 1 N–H and O–H groups in total. The molecule has 0 bridgehead atoms. The molecular weight excluding hydrogens is 261 g/mol. The Morgan fingerprint density at radius 1 is 1.19 bits per heavy atom. The molecule has 2 heteroatoms. The fourth-order valence-corrected chi connectivity index (χ4v) is 3.71. The Morgan fingerprint density at radius 3 is 2.52 bits per heavy atom. The topological polar surface area (TPSA) is 12.0 Å². The lowest BCUT2D eigenvalue weighted by Gasteiger charge is -2.35. The van der Waals surface area contributed by atoms with Gasteiger partial charge in [-0.2, -0.15) is 0 Å². The Hall–Kier alpha value is -0.890. The molecule has 1 nitrogen and oxygen atoms in total. The Balaban J connectivity index is 2.16. The smallest absolute Gasteiger partial charge is 0.123 e. The minimum atomic E-state index is -0.110. The number of hydrogen-bond donors (Lipinski definition) is 1. The number of aryl methyl sites for hydroxylation is 1. The summed E-state index contributed by atoms with van der Waals surface area (Å²) in [4.78, 5) is 0. The van der Waals surface area contributed by atoms with Crippen LogP contribution in [0.15, 0.2) is 18.2 Å². The number of nitrogens with one attached hydrogen (secondary N) is 1. The van der Waals surface area contributed by atoms with Crippen molar-refractivity contribution >= 4 is 0 Å². The van der Waals surface area contributed by atoms with Crippen LogP contribution in [-0.2, 0) is 0 Å². The second-order valence-electron chi connectivity index (χ2n) is 6.62. The van der Waals surface area contributed by atoms with Gasteiger partial charge in [-0.1, -0.05) is 39.2 Å². The van der Waals surface area contributed by atoms with Crippen molar-refractivity contribution in [2.45, 2.75) is 65.3 Å². The summed E-state index contributed by atoms with van der Waals surface area (Å²) in [6, 6.07) is 5.56. The summed E-state index contributed by atoms with van der Waals surface area (Å²) in [6.45, 7) is 7.60. The zero-order chi connectivity index (χ0) is 15.2. The van der Waals surface area contributed by atoms with E-state index in [0.717, 1.165) is 18.9 Å². The van der Waals surface area contributed by atoms with Gasteiger partial charge in [0.2, 0.25) is 0 Å². The van der Waals surface area contributed by atoms with Crippen molar-refractivity contribution < 1.29 is 4.39 Å². The van der Waals surface area contributed by atoms with Crippen molar-refractivity contribution in [2.24, 2.45) is 11.8 Å². The van der Waals surface area contributed by atoms with Crippen LogP contribution >= 0.6 is 0 Å². The number of halogens is 1. The minimum absolute atomic E-state index is 0.110. The summed E-state index contributed by atoms with van der Waals surface area (Å²) in [6.07, 6.45) is 7.64. The number of hydrogen-bond acceptors (Lipinski definition) is 1. The highest BCUT2D eigenvalue weighted by Crippen LogP contribution is 2.38. The van der Waals surface area contributed by atoms with E-state index in [9.17, 15) is 4.39 Å². The molecule has 1 aliphatic rings. The molecule has 2 rings (SSSR count). The monoisotopic (exact) mass is 291 g/mol. The summed E-state index contributed by atoms with van der Waals surface area (Å²) in [7, 11) is 0. The van der Waals surface area contributed by atoms with E-state index in [4.69, 9.17) is 0 Å². The van der Waals surface area contributed by atoms with E-state index in [0.29, 0.717) is 12.0 Å². The van der Waals surface area contributed by atoms with E-state index in [1.54, 1.807) is 12.1 Å². The maximum atomic E-state index is 13.7. The van der Waals surface area contributed by atoms with Crippen LogP contribution in [0, 0.1) is 24.6 Å². The van der Waals surface area contributed by atoms with Gasteiger partial charge in [0.25, 0.3) is 0 Å². The van der Waals surface area contributed by atoms with Crippen LogP contribution in [-0.4, -0.2) is 6.54 Å². The zero-order valence-corrected chi connectivity index (χ0v) is 13.8. The van der Waals surface area contributed by atoms with Crippen LogP contribution < -0.4 is 5.32 Å². The summed E-state index contributed by atoms with van der Waals surface area (Å²) >= 11 is 0. The van der Waals surface area contributed by atoms with Gasteiger partial charge in [-0.15, -0.1) is 0 Å². The third kappa shape index (κ3) is 4.29. The van der Waals surface area contributed by atoms with Gasteiger partial charge < -0.3 is 5.32 Å². The molecule has 0 aliphatic heterocycles. The molecule has 0 aromatic heterocycles. The average molecular weight is 291 g/mol. The lowest BCUT2D eigenvalue weighted by Crippen LogP contribution is -2.32. The lowest BCUT2D eigenvalue weighted by molar-refractivity contribution is 0.218. The van der Waals surface area contributed by atoms with Crippen molar-refractivity contribution in [3.63, 3.8) is 0 Å². The highest BCUT2D eigenvalue weighted by Gasteiger charge is 2.28. The van der Waals surface area contributed by atoms with Crippen molar-refractivity contribution in [2.75, 3.05) is 6.54 Å². The fourth-order valence-electron chi connectivity index (χ4n) is 3.71. The maximum absolute atomic E-state index is 13.7. The van der Waals surface area contributed by atoms with Gasteiger partial charge in [0.15, 0.2) is 0 Å². The lowest BCUT2D eigenvalue weighted by atomic mass is 9.75. The van der Waals surface area contributed by atoms with E-state index in [2.05, 4.69) is 26.1 Å². The van der Waals surface area contributed by atoms with Crippen molar-refractivity contribution in [3.05, 3.63) is 35.1 Å². The van der Waals surface area contributed by atoms with Gasteiger partial charge in [0.1, 0.15) is 5.82 Å². The van der Waals surface area contributed by atoms with Crippen LogP contribution in [0.2, 0.25) is 0 Å². The Kier molecular flexibility index (Phi) is 6.22. The normalized spacial score (nSPS) is 24.0. The molecule has 118 valence electrons. The van der Waals surface area contributed by atoms with Gasteiger partial charge in [0.05, 0.1) is 0 Å². The Bertz CT molecular complexity index is 435. The Labute approximate surface area is 129 Å². The van der Waals surface area contributed by atoms with Gasteiger partial charge >= 0.3 is 0 Å². The van der Waals surface area contributed by atoms with Crippen LogP contribution in [0.25, 0.3) is 0 Å². The molecule has 1 unspecified atom stereocenters. The van der Waals surface area contributed by atoms with E-state index < -0.39 is 0 Å². The van der Waals surface area contributed by atoms with Crippen LogP contribution in [0.4, 0.5) is 4.39 Å². The summed E-state index contributed by atoms with van der Waals surface area (Å²) in [5.41, 5.74) is 2.38. The molecule has 0 amide bonds. The maximum Gasteiger partial charge on any atom is 0.123 e. The predicted octanol–water partition coefficient (Wildman–Crippen LogP) is 5.39. The second-order valence-corrected chi connectivity index (χ2v) is 6.62. The quantitative estimate of drug-likeness (QED) is 0.741. The molecule has 1 aliphatic carbocycles. The molecule has 1 aromatic rings. The van der Waals surface area contributed by atoms with Gasteiger partial charge in [-0.25, -0.2) is 4.39 Å². The van der Waals surface area contributed by atoms with Crippen molar-refractivity contribution in [3.8, 4) is 0 Å². The summed E-state index contributed by atoms with van der Waals surface area (Å²) in [5, 5.41) is 3.69. The average Bonchev–Trinajstić information content (AvgIpc) is 2.51. The standard InChI is InChI=1S/C19H30FN/c1-4-12-21-19(16-9-7-15(5-2)8-10-16)18-13-17(20)11-6-14(18)3/h6,11,13,15-16,19,21H,4-5,7-10,12H2,1-3H3. The highest BCUT2D eigenvalue weighted by atomic mass is 19.1. The van der Waals surface area contributed by atoms with Crippen LogP contribution in [0.1, 0.15) is 69.5 Å². The highest BCUT2D eigenvalue weighted by molar-refractivity contribution is 5.30. The van der Waals surface area contributed by atoms with Crippen molar-refractivity contribution in [1.29, 1.82) is 0 Å². The van der Waals surface area contributed by atoms with E-state index in [1.807, 2.05) is 6.07 Å². The predicted molar refractivity (Wildman–Crippen MR) is 87.9 cm³/mol. The van der Waals surface area contributed by atoms with Gasteiger partial charge in [-0.3, -0.25) is 0 Å². The first kappa shape index (κ1) is 16.5. The summed E-state index contributed by atoms with van der Waals surface area (Å²) in [5.74, 6) is 1.45. The molecule has 0 radical (unpaired) electrons. The van der Waals surface area contributed by atoms with E-state index >= 15 is 0 Å². The summed E-state index contributed by atoms with van der Waals surface area (Å²) < 4.78 is 13.7. The molecule has 1 fully saturated rings.